The molecule has 1 spiro atoms. The minimum absolute atomic E-state index is 0.310. The molecule has 0 radical (unpaired) electrons. The molecule has 1 saturated carbocycles. The fourth-order valence-corrected chi connectivity index (χ4v) is 5.56. The van der Waals surface area contributed by atoms with E-state index in [-0.39, 0.29) is 0 Å². The van der Waals surface area contributed by atoms with Crippen molar-refractivity contribution in [3.63, 3.8) is 0 Å². The van der Waals surface area contributed by atoms with Gasteiger partial charge in [0.05, 0.1) is 0 Å². The van der Waals surface area contributed by atoms with Gasteiger partial charge >= 0.3 is 5.97 Å². The first-order valence-electron chi connectivity index (χ1n) is 8.13. The standard InChI is InChI=1S/C15H28N2O2S2/c18-14(19)13-11-21-20-10-4-8-16-9-7-15(12-17-13)5-2-1-3-6-15/h13,16-17H,1-12H2,(H,18,19). The summed E-state index contributed by atoms with van der Waals surface area (Å²) in [5.41, 5.74) is 0.310. The zero-order chi connectivity index (χ0) is 15.0. The Morgan fingerprint density at radius 3 is 2.62 bits per heavy atom. The summed E-state index contributed by atoms with van der Waals surface area (Å²) in [7, 11) is 3.49. The first-order chi connectivity index (χ1) is 10.2. The molecule has 2 rings (SSSR count). The van der Waals surface area contributed by atoms with Crippen molar-refractivity contribution in [2.24, 2.45) is 5.41 Å². The van der Waals surface area contributed by atoms with Crippen molar-refractivity contribution in [3.8, 4) is 0 Å². The lowest BCUT2D eigenvalue weighted by Gasteiger charge is -2.38. The molecular formula is C15H28N2O2S2. The van der Waals surface area contributed by atoms with Crippen molar-refractivity contribution >= 4 is 27.6 Å². The molecule has 4 nitrogen and oxygen atoms in total. The van der Waals surface area contributed by atoms with E-state index < -0.39 is 12.0 Å². The molecule has 0 aromatic carbocycles. The van der Waals surface area contributed by atoms with Gasteiger partial charge in [-0.3, -0.25) is 4.79 Å². The lowest BCUT2D eigenvalue weighted by atomic mass is 9.71. The second-order valence-corrected chi connectivity index (χ2v) is 8.92. The van der Waals surface area contributed by atoms with Crippen molar-refractivity contribution in [2.75, 3.05) is 31.1 Å². The highest BCUT2D eigenvalue weighted by Crippen LogP contribution is 2.38. The van der Waals surface area contributed by atoms with E-state index in [1.165, 1.54) is 38.5 Å². The maximum atomic E-state index is 11.4. The second kappa shape index (κ2) is 9.28. The van der Waals surface area contributed by atoms with Crippen LogP contribution in [0.4, 0.5) is 0 Å². The number of carboxylic acid groups (broad SMARTS) is 1. The highest BCUT2D eigenvalue weighted by Gasteiger charge is 2.33. The molecule has 21 heavy (non-hydrogen) atoms. The number of hydrogen-bond acceptors (Lipinski definition) is 5. The zero-order valence-electron chi connectivity index (χ0n) is 12.7. The van der Waals surface area contributed by atoms with Crippen LogP contribution in [0.3, 0.4) is 0 Å². The molecule has 1 aliphatic carbocycles. The third kappa shape index (κ3) is 6.00. The highest BCUT2D eigenvalue weighted by molar-refractivity contribution is 8.76. The van der Waals surface area contributed by atoms with Crippen molar-refractivity contribution in [1.29, 1.82) is 0 Å². The summed E-state index contributed by atoms with van der Waals surface area (Å²) < 4.78 is 0. The molecule has 1 aliphatic heterocycles. The minimum atomic E-state index is -0.706. The Bertz CT molecular complexity index is 323. The Kier molecular flexibility index (Phi) is 7.71. The van der Waals surface area contributed by atoms with Crippen molar-refractivity contribution < 1.29 is 9.90 Å². The Morgan fingerprint density at radius 2 is 1.86 bits per heavy atom. The van der Waals surface area contributed by atoms with Gasteiger partial charge in [-0.25, -0.2) is 0 Å². The largest absolute Gasteiger partial charge is 0.480 e. The monoisotopic (exact) mass is 332 g/mol. The topological polar surface area (TPSA) is 61.4 Å². The van der Waals surface area contributed by atoms with E-state index in [4.69, 9.17) is 0 Å². The summed E-state index contributed by atoms with van der Waals surface area (Å²) in [4.78, 5) is 11.4. The number of hydrogen-bond donors (Lipinski definition) is 3. The van der Waals surface area contributed by atoms with Crippen molar-refractivity contribution in [1.82, 2.24) is 10.6 Å². The fraction of sp³-hybridized carbons (Fsp3) is 0.933. The van der Waals surface area contributed by atoms with Gasteiger partial charge in [-0.2, -0.15) is 0 Å². The molecular weight excluding hydrogens is 304 g/mol. The molecule has 0 aromatic heterocycles. The van der Waals surface area contributed by atoms with Crippen molar-refractivity contribution in [2.45, 2.75) is 51.0 Å². The Balaban J connectivity index is 1.97. The van der Waals surface area contributed by atoms with E-state index in [1.807, 2.05) is 0 Å². The fourth-order valence-electron chi connectivity index (χ4n) is 3.28. The SMILES string of the molecule is O=C(O)C1CSSCCCNCCC2(CCCCC2)CN1. The van der Waals surface area contributed by atoms with Crippen LogP contribution in [-0.2, 0) is 4.79 Å². The van der Waals surface area contributed by atoms with Gasteiger partial charge in [-0.05, 0) is 44.2 Å². The molecule has 1 heterocycles. The van der Waals surface area contributed by atoms with E-state index in [0.717, 1.165) is 31.8 Å². The van der Waals surface area contributed by atoms with Gasteiger partial charge in [0.15, 0.2) is 0 Å². The molecule has 1 atom stereocenters. The first kappa shape index (κ1) is 17.4. The molecule has 1 saturated heterocycles. The molecule has 2 aliphatic rings. The Hall–Kier alpha value is 0.0900. The van der Waals surface area contributed by atoms with Gasteiger partial charge in [-0.15, -0.1) is 0 Å². The second-order valence-electron chi connectivity index (χ2n) is 6.29. The summed E-state index contributed by atoms with van der Waals surface area (Å²) in [5, 5.41) is 16.3. The normalized spacial score (nSPS) is 29.0. The predicted octanol–water partition coefficient (Wildman–Crippen LogP) is 2.74. The maximum absolute atomic E-state index is 11.4. The van der Waals surface area contributed by atoms with Crippen molar-refractivity contribution in [3.05, 3.63) is 0 Å². The van der Waals surface area contributed by atoms with Gasteiger partial charge in [0.1, 0.15) is 6.04 Å². The zero-order valence-corrected chi connectivity index (χ0v) is 14.4. The summed E-state index contributed by atoms with van der Waals surface area (Å²) in [6, 6.07) is -0.407. The van der Waals surface area contributed by atoms with Crippen LogP contribution >= 0.6 is 21.6 Å². The number of carbonyl (C=O) groups is 1. The average Bonchev–Trinajstić information content (AvgIpc) is 2.50. The lowest BCUT2D eigenvalue weighted by Crippen LogP contribution is -2.46. The molecule has 2 fully saturated rings. The van der Waals surface area contributed by atoms with Gasteiger partial charge in [0, 0.05) is 18.1 Å². The van der Waals surface area contributed by atoms with Crippen LogP contribution in [0, 0.1) is 5.41 Å². The summed E-state index contributed by atoms with van der Waals surface area (Å²) in [6.07, 6.45) is 8.76. The first-order valence-corrected chi connectivity index (χ1v) is 10.6. The number of aliphatic carboxylic acids is 1. The van der Waals surface area contributed by atoms with Gasteiger partial charge in [0.2, 0.25) is 0 Å². The molecule has 6 heteroatoms. The smallest absolute Gasteiger partial charge is 0.321 e. The summed E-state index contributed by atoms with van der Waals surface area (Å²) in [6.45, 7) is 3.01. The van der Waals surface area contributed by atoms with Gasteiger partial charge < -0.3 is 15.7 Å². The van der Waals surface area contributed by atoms with E-state index in [1.54, 1.807) is 21.6 Å². The highest BCUT2D eigenvalue weighted by atomic mass is 33.1. The van der Waals surface area contributed by atoms with E-state index >= 15 is 0 Å². The van der Waals surface area contributed by atoms with E-state index in [9.17, 15) is 9.90 Å². The summed E-state index contributed by atoms with van der Waals surface area (Å²) >= 11 is 0. The van der Waals surface area contributed by atoms with Gasteiger partial charge in [0.25, 0.3) is 0 Å². The Morgan fingerprint density at radius 1 is 1.05 bits per heavy atom. The van der Waals surface area contributed by atoms with Crippen LogP contribution in [0.15, 0.2) is 0 Å². The summed E-state index contributed by atoms with van der Waals surface area (Å²) in [5.74, 6) is 1.04. The third-order valence-electron chi connectivity index (χ3n) is 4.67. The lowest BCUT2D eigenvalue weighted by molar-refractivity contribution is -0.139. The third-order valence-corrected chi connectivity index (χ3v) is 7.17. The molecule has 0 bridgehead atoms. The molecule has 0 aromatic rings. The van der Waals surface area contributed by atoms with Crippen LogP contribution in [0.5, 0.6) is 0 Å². The molecule has 122 valence electrons. The van der Waals surface area contributed by atoms with Crippen LogP contribution in [0.2, 0.25) is 0 Å². The number of rotatable bonds is 1. The average molecular weight is 333 g/mol. The van der Waals surface area contributed by atoms with Crippen LogP contribution < -0.4 is 10.6 Å². The van der Waals surface area contributed by atoms with Crippen LogP contribution in [0.1, 0.15) is 44.9 Å². The number of nitrogens with one attached hydrogen (secondary N) is 2. The predicted molar refractivity (Wildman–Crippen MR) is 92.0 cm³/mol. The maximum Gasteiger partial charge on any atom is 0.321 e. The van der Waals surface area contributed by atoms with E-state index in [0.29, 0.717) is 11.2 Å². The minimum Gasteiger partial charge on any atom is -0.480 e. The van der Waals surface area contributed by atoms with Crippen LogP contribution in [-0.4, -0.2) is 48.3 Å². The number of carboxylic acids is 1. The Labute approximate surface area is 136 Å². The molecule has 1 unspecified atom stereocenters. The van der Waals surface area contributed by atoms with E-state index in [2.05, 4.69) is 10.6 Å². The van der Waals surface area contributed by atoms with Crippen LogP contribution in [0.25, 0.3) is 0 Å². The molecule has 0 amide bonds. The van der Waals surface area contributed by atoms with Gasteiger partial charge in [-0.1, -0.05) is 40.9 Å². The quantitative estimate of drug-likeness (QED) is 0.642. The molecule has 3 N–H and O–H groups in total.